The Labute approximate surface area is 115 Å². The second kappa shape index (κ2) is 3.93. The first-order chi connectivity index (χ1) is 9.70. The van der Waals surface area contributed by atoms with E-state index in [1.165, 1.54) is 4.90 Å². The maximum Gasteiger partial charge on any atom is 0.240 e. The Morgan fingerprint density at radius 3 is 2.35 bits per heavy atom. The Bertz CT molecular complexity index is 609. The van der Waals surface area contributed by atoms with E-state index in [1.54, 1.807) is 31.4 Å². The van der Waals surface area contributed by atoms with E-state index in [4.69, 9.17) is 9.47 Å². The Hall–Kier alpha value is -2.14. The molecule has 5 nitrogen and oxygen atoms in total. The summed E-state index contributed by atoms with van der Waals surface area (Å²) < 4.78 is 10.8. The number of carbonyl (C=O) groups excluding carboxylic acids is 2. The normalized spacial score (nSPS) is 34.0. The van der Waals surface area contributed by atoms with E-state index in [0.29, 0.717) is 11.4 Å². The number of amides is 2. The first-order valence-corrected chi connectivity index (χ1v) is 6.56. The van der Waals surface area contributed by atoms with Crippen molar-refractivity contribution in [2.45, 2.75) is 12.2 Å². The van der Waals surface area contributed by atoms with Crippen molar-refractivity contribution < 1.29 is 19.1 Å². The van der Waals surface area contributed by atoms with Crippen molar-refractivity contribution in [2.24, 2.45) is 11.8 Å². The summed E-state index contributed by atoms with van der Waals surface area (Å²) in [4.78, 5) is 26.3. The predicted octanol–water partition coefficient (Wildman–Crippen LogP) is 1.14. The molecule has 2 amide bonds. The summed E-state index contributed by atoms with van der Waals surface area (Å²) in [5, 5.41) is 0. The number of anilines is 1. The number of benzene rings is 1. The lowest BCUT2D eigenvalue weighted by molar-refractivity contribution is -0.124. The van der Waals surface area contributed by atoms with Gasteiger partial charge in [0.05, 0.1) is 36.8 Å². The fraction of sp³-hybridized carbons (Fsp3) is 0.333. The summed E-state index contributed by atoms with van der Waals surface area (Å²) in [5.74, 6) is -0.472. The molecule has 3 heterocycles. The van der Waals surface area contributed by atoms with Gasteiger partial charge in [0.15, 0.2) is 0 Å². The van der Waals surface area contributed by atoms with Crippen molar-refractivity contribution in [2.75, 3.05) is 12.0 Å². The Balaban J connectivity index is 1.74. The molecule has 1 aromatic rings. The van der Waals surface area contributed by atoms with E-state index in [0.717, 1.165) is 0 Å². The summed E-state index contributed by atoms with van der Waals surface area (Å²) in [7, 11) is 1.56. The van der Waals surface area contributed by atoms with Gasteiger partial charge >= 0.3 is 0 Å². The highest BCUT2D eigenvalue weighted by Crippen LogP contribution is 2.46. The third kappa shape index (κ3) is 1.35. The van der Waals surface area contributed by atoms with E-state index in [1.807, 2.05) is 12.2 Å². The zero-order valence-corrected chi connectivity index (χ0v) is 10.9. The average molecular weight is 271 g/mol. The van der Waals surface area contributed by atoms with Crippen LogP contribution in [-0.2, 0) is 14.3 Å². The molecule has 0 saturated carbocycles. The lowest BCUT2D eigenvalue weighted by Crippen LogP contribution is -2.34. The number of methoxy groups -OCH3 is 1. The van der Waals surface area contributed by atoms with Crippen molar-refractivity contribution in [3.05, 3.63) is 36.4 Å². The number of rotatable bonds is 2. The van der Waals surface area contributed by atoms with Crippen LogP contribution in [0.15, 0.2) is 36.4 Å². The Morgan fingerprint density at radius 1 is 1.10 bits per heavy atom. The zero-order chi connectivity index (χ0) is 13.9. The van der Waals surface area contributed by atoms with E-state index >= 15 is 0 Å². The predicted molar refractivity (Wildman–Crippen MR) is 70.3 cm³/mol. The van der Waals surface area contributed by atoms with Crippen LogP contribution in [0.4, 0.5) is 5.69 Å². The lowest BCUT2D eigenvalue weighted by Gasteiger charge is -2.18. The van der Waals surface area contributed by atoms with Crippen LogP contribution in [0.2, 0.25) is 0 Å². The highest BCUT2D eigenvalue weighted by molar-refractivity contribution is 6.23. The molecule has 3 aliphatic heterocycles. The van der Waals surface area contributed by atoms with Crippen LogP contribution >= 0.6 is 0 Å². The molecule has 4 rings (SSSR count). The van der Waals surface area contributed by atoms with Gasteiger partial charge in [-0.3, -0.25) is 9.59 Å². The molecule has 102 valence electrons. The molecule has 1 aromatic carbocycles. The molecule has 0 N–H and O–H groups in total. The van der Waals surface area contributed by atoms with Crippen LogP contribution in [0, 0.1) is 11.8 Å². The minimum Gasteiger partial charge on any atom is -0.497 e. The molecule has 5 heteroatoms. The van der Waals surface area contributed by atoms with E-state index < -0.39 is 0 Å². The van der Waals surface area contributed by atoms with Gasteiger partial charge in [0, 0.05) is 6.07 Å². The molecule has 0 spiro atoms. The van der Waals surface area contributed by atoms with Crippen LogP contribution in [0.1, 0.15) is 0 Å². The van der Waals surface area contributed by atoms with Gasteiger partial charge in [-0.25, -0.2) is 4.90 Å². The highest BCUT2D eigenvalue weighted by atomic mass is 16.5. The van der Waals surface area contributed by atoms with Gasteiger partial charge in [-0.05, 0) is 12.1 Å². The maximum atomic E-state index is 12.5. The number of ether oxygens (including phenoxy) is 2. The van der Waals surface area contributed by atoms with Crippen LogP contribution in [0.5, 0.6) is 5.75 Å². The molecule has 0 unspecified atom stereocenters. The molecule has 2 fully saturated rings. The molecule has 20 heavy (non-hydrogen) atoms. The zero-order valence-electron chi connectivity index (χ0n) is 10.9. The minimum absolute atomic E-state index is 0.176. The molecule has 2 bridgehead atoms. The van der Waals surface area contributed by atoms with Gasteiger partial charge in [0.2, 0.25) is 11.8 Å². The molecular formula is C15H13NO4. The lowest BCUT2D eigenvalue weighted by atomic mass is 9.85. The van der Waals surface area contributed by atoms with Crippen LogP contribution in [0.3, 0.4) is 0 Å². The molecule has 3 aliphatic rings. The van der Waals surface area contributed by atoms with Gasteiger partial charge < -0.3 is 9.47 Å². The third-order valence-electron chi connectivity index (χ3n) is 4.22. The topological polar surface area (TPSA) is 55.8 Å². The Morgan fingerprint density at radius 2 is 1.75 bits per heavy atom. The molecule has 0 aromatic heterocycles. The summed E-state index contributed by atoms with van der Waals surface area (Å²) >= 11 is 0. The number of hydrogen-bond acceptors (Lipinski definition) is 4. The number of carbonyl (C=O) groups is 2. The van der Waals surface area contributed by atoms with Crippen LogP contribution in [0.25, 0.3) is 0 Å². The number of nitrogens with zero attached hydrogens (tertiary/aromatic N) is 1. The SMILES string of the molecule is COc1cccc(N2C(=O)[C@@H]3[C@H](C2=O)[C@H]2C=C[C@H]3O2)c1. The largest absolute Gasteiger partial charge is 0.497 e. The summed E-state index contributed by atoms with van der Waals surface area (Å²) in [6.07, 6.45) is 3.26. The van der Waals surface area contributed by atoms with E-state index in [2.05, 4.69) is 0 Å². The average Bonchev–Trinajstić information content (AvgIpc) is 3.13. The van der Waals surface area contributed by atoms with Crippen LogP contribution < -0.4 is 9.64 Å². The maximum absolute atomic E-state index is 12.5. The summed E-state index contributed by atoms with van der Waals surface area (Å²) in [6, 6.07) is 7.00. The van der Waals surface area contributed by atoms with Crippen molar-refractivity contribution in [1.29, 1.82) is 0 Å². The smallest absolute Gasteiger partial charge is 0.240 e. The van der Waals surface area contributed by atoms with Gasteiger partial charge in [-0.2, -0.15) is 0 Å². The van der Waals surface area contributed by atoms with Gasteiger partial charge in [-0.15, -0.1) is 0 Å². The van der Waals surface area contributed by atoms with Gasteiger partial charge in [0.25, 0.3) is 0 Å². The van der Waals surface area contributed by atoms with Crippen molar-refractivity contribution in [1.82, 2.24) is 0 Å². The van der Waals surface area contributed by atoms with Crippen LogP contribution in [-0.4, -0.2) is 31.1 Å². The van der Waals surface area contributed by atoms with Crippen molar-refractivity contribution >= 4 is 17.5 Å². The fourth-order valence-electron chi connectivity index (χ4n) is 3.31. The Kier molecular flexibility index (Phi) is 2.29. The molecule has 4 atom stereocenters. The number of hydrogen-bond donors (Lipinski definition) is 0. The highest BCUT2D eigenvalue weighted by Gasteiger charge is 2.60. The van der Waals surface area contributed by atoms with Gasteiger partial charge in [0.1, 0.15) is 5.75 Å². The van der Waals surface area contributed by atoms with Crippen molar-refractivity contribution in [3.8, 4) is 5.75 Å². The summed E-state index contributed by atoms with van der Waals surface area (Å²) in [5.41, 5.74) is 0.563. The fourth-order valence-corrected chi connectivity index (χ4v) is 3.31. The number of imide groups is 1. The molecular weight excluding hydrogens is 258 g/mol. The monoisotopic (exact) mass is 271 g/mol. The second-order valence-electron chi connectivity index (χ2n) is 5.22. The first-order valence-electron chi connectivity index (χ1n) is 6.56. The molecule has 2 saturated heterocycles. The van der Waals surface area contributed by atoms with E-state index in [-0.39, 0.29) is 35.9 Å². The van der Waals surface area contributed by atoms with Crippen molar-refractivity contribution in [3.63, 3.8) is 0 Å². The summed E-state index contributed by atoms with van der Waals surface area (Å²) in [6.45, 7) is 0. The minimum atomic E-state index is -0.372. The first kappa shape index (κ1) is 11.7. The standard InChI is InChI=1S/C15H13NO4/c1-19-9-4-2-3-8(7-9)16-14(17)12-10-5-6-11(20-10)13(12)15(16)18/h2-7,10-13H,1H3/t10-,11-,12-,13+/m1/s1. The van der Waals surface area contributed by atoms with E-state index in [9.17, 15) is 9.59 Å². The second-order valence-corrected chi connectivity index (χ2v) is 5.22. The third-order valence-corrected chi connectivity index (χ3v) is 4.22. The molecule has 0 aliphatic carbocycles. The number of fused-ring (bicyclic) bond motifs is 5. The molecule has 0 radical (unpaired) electrons. The quantitative estimate of drug-likeness (QED) is 0.598. The van der Waals surface area contributed by atoms with Gasteiger partial charge in [-0.1, -0.05) is 18.2 Å².